The fourth-order valence-electron chi connectivity index (χ4n) is 2.02. The third-order valence-electron chi connectivity index (χ3n) is 2.75. The van der Waals surface area contributed by atoms with Gasteiger partial charge >= 0.3 is 0 Å². The van der Waals surface area contributed by atoms with E-state index >= 15 is 0 Å². The summed E-state index contributed by atoms with van der Waals surface area (Å²) in [6, 6.07) is 8.82. The van der Waals surface area contributed by atoms with E-state index in [2.05, 4.69) is 24.0 Å². The summed E-state index contributed by atoms with van der Waals surface area (Å²) in [4.78, 5) is 2.43. The summed E-state index contributed by atoms with van der Waals surface area (Å²) < 4.78 is 0. The van der Waals surface area contributed by atoms with Gasteiger partial charge in [-0.05, 0) is 38.0 Å². The number of nitrogen functional groups attached to an aromatic ring is 1. The molecule has 0 unspecified atom stereocenters. The molecule has 0 bridgehead atoms. The average Bonchev–Trinajstić information content (AvgIpc) is 2.51. The van der Waals surface area contributed by atoms with E-state index in [0.717, 1.165) is 5.69 Å². The van der Waals surface area contributed by atoms with Crippen molar-refractivity contribution in [3.05, 3.63) is 24.3 Å². The standard InChI is InChI=1S/C11H16N2/c1-9-4-3-7-13(9)11-6-2-5-10(12)8-11/h2,5-6,8-9H,3-4,7,12H2,1H3/t9-/m1/s1. The number of hydrogen-bond donors (Lipinski definition) is 1. The quantitative estimate of drug-likeness (QED) is 0.665. The number of nitrogens with zero attached hydrogens (tertiary/aromatic N) is 1. The number of rotatable bonds is 1. The predicted molar refractivity (Wildman–Crippen MR) is 56.9 cm³/mol. The molecule has 0 radical (unpaired) electrons. The lowest BCUT2D eigenvalue weighted by Crippen LogP contribution is -2.26. The van der Waals surface area contributed by atoms with Crippen molar-refractivity contribution in [2.75, 3.05) is 17.2 Å². The molecule has 2 N–H and O–H groups in total. The number of benzene rings is 1. The SMILES string of the molecule is C[C@@H]1CCCN1c1cccc(N)c1. The summed E-state index contributed by atoms with van der Waals surface area (Å²) in [5, 5.41) is 0. The Hall–Kier alpha value is -1.18. The Kier molecular flexibility index (Phi) is 2.13. The third kappa shape index (κ3) is 1.62. The number of nitrogens with two attached hydrogens (primary N) is 1. The molecule has 0 amide bonds. The Morgan fingerprint density at radius 3 is 2.92 bits per heavy atom. The normalized spacial score (nSPS) is 22.2. The zero-order chi connectivity index (χ0) is 9.26. The Bertz CT molecular complexity index is 296. The summed E-state index contributed by atoms with van der Waals surface area (Å²) in [6.45, 7) is 3.45. The highest BCUT2D eigenvalue weighted by Gasteiger charge is 2.19. The van der Waals surface area contributed by atoms with Gasteiger partial charge in [-0.25, -0.2) is 0 Å². The van der Waals surface area contributed by atoms with Crippen molar-refractivity contribution >= 4 is 11.4 Å². The van der Waals surface area contributed by atoms with Gasteiger partial charge in [0.25, 0.3) is 0 Å². The lowest BCUT2D eigenvalue weighted by atomic mass is 10.2. The van der Waals surface area contributed by atoms with Crippen LogP contribution < -0.4 is 10.6 Å². The molecule has 2 nitrogen and oxygen atoms in total. The second-order valence-corrected chi connectivity index (χ2v) is 3.78. The van der Waals surface area contributed by atoms with Gasteiger partial charge in [0.1, 0.15) is 0 Å². The molecule has 2 rings (SSSR count). The van der Waals surface area contributed by atoms with Crippen LogP contribution in [0.2, 0.25) is 0 Å². The molecular weight excluding hydrogens is 160 g/mol. The van der Waals surface area contributed by atoms with Crippen LogP contribution in [0, 0.1) is 0 Å². The van der Waals surface area contributed by atoms with Crippen molar-refractivity contribution in [3.8, 4) is 0 Å². The van der Waals surface area contributed by atoms with Crippen molar-refractivity contribution in [2.45, 2.75) is 25.8 Å². The van der Waals surface area contributed by atoms with Crippen molar-refractivity contribution in [3.63, 3.8) is 0 Å². The van der Waals surface area contributed by atoms with E-state index in [1.54, 1.807) is 0 Å². The van der Waals surface area contributed by atoms with Crippen LogP contribution in [0.25, 0.3) is 0 Å². The lowest BCUT2D eigenvalue weighted by Gasteiger charge is -2.23. The maximum absolute atomic E-state index is 5.74. The highest BCUT2D eigenvalue weighted by Crippen LogP contribution is 2.26. The number of hydrogen-bond acceptors (Lipinski definition) is 2. The molecule has 0 aromatic heterocycles. The maximum atomic E-state index is 5.74. The number of anilines is 2. The van der Waals surface area contributed by atoms with Crippen LogP contribution in [0.4, 0.5) is 11.4 Å². The van der Waals surface area contributed by atoms with Crippen molar-refractivity contribution < 1.29 is 0 Å². The minimum absolute atomic E-state index is 0.668. The minimum atomic E-state index is 0.668. The van der Waals surface area contributed by atoms with Gasteiger partial charge in [0, 0.05) is 24.0 Å². The first-order chi connectivity index (χ1) is 6.27. The van der Waals surface area contributed by atoms with Gasteiger partial charge in [0.15, 0.2) is 0 Å². The van der Waals surface area contributed by atoms with E-state index in [1.807, 2.05) is 12.1 Å². The average molecular weight is 176 g/mol. The zero-order valence-corrected chi connectivity index (χ0v) is 8.03. The molecule has 1 aliphatic heterocycles. The minimum Gasteiger partial charge on any atom is -0.399 e. The first-order valence-corrected chi connectivity index (χ1v) is 4.89. The van der Waals surface area contributed by atoms with Gasteiger partial charge < -0.3 is 10.6 Å². The van der Waals surface area contributed by atoms with E-state index < -0.39 is 0 Å². The molecule has 1 aromatic carbocycles. The van der Waals surface area contributed by atoms with Gasteiger partial charge in [-0.3, -0.25) is 0 Å². The first kappa shape index (κ1) is 8.42. The van der Waals surface area contributed by atoms with Gasteiger partial charge in [-0.1, -0.05) is 6.07 Å². The predicted octanol–water partition coefficient (Wildman–Crippen LogP) is 2.26. The Balaban J connectivity index is 2.24. The van der Waals surface area contributed by atoms with Crippen LogP contribution in [-0.2, 0) is 0 Å². The Morgan fingerprint density at radius 1 is 1.46 bits per heavy atom. The van der Waals surface area contributed by atoms with E-state index in [-0.39, 0.29) is 0 Å². The Labute approximate surface area is 79.4 Å². The molecular formula is C11H16N2. The zero-order valence-electron chi connectivity index (χ0n) is 8.03. The topological polar surface area (TPSA) is 29.3 Å². The van der Waals surface area contributed by atoms with Crippen LogP contribution in [0.5, 0.6) is 0 Å². The monoisotopic (exact) mass is 176 g/mol. The Morgan fingerprint density at radius 2 is 2.31 bits per heavy atom. The summed E-state index contributed by atoms with van der Waals surface area (Å²) in [5.41, 5.74) is 7.87. The summed E-state index contributed by atoms with van der Waals surface area (Å²) >= 11 is 0. The highest BCUT2D eigenvalue weighted by atomic mass is 15.2. The molecule has 1 aromatic rings. The molecule has 2 heteroatoms. The van der Waals surface area contributed by atoms with E-state index in [1.165, 1.54) is 25.1 Å². The van der Waals surface area contributed by atoms with Crippen LogP contribution >= 0.6 is 0 Å². The van der Waals surface area contributed by atoms with Crippen LogP contribution in [0.3, 0.4) is 0 Å². The second-order valence-electron chi connectivity index (χ2n) is 3.78. The fourth-order valence-corrected chi connectivity index (χ4v) is 2.02. The summed E-state index contributed by atoms with van der Waals surface area (Å²) in [7, 11) is 0. The maximum Gasteiger partial charge on any atom is 0.0389 e. The molecule has 1 atom stereocenters. The molecule has 1 heterocycles. The van der Waals surface area contributed by atoms with Gasteiger partial charge in [0.2, 0.25) is 0 Å². The molecule has 1 saturated heterocycles. The molecule has 0 spiro atoms. The van der Waals surface area contributed by atoms with Crippen molar-refractivity contribution in [2.24, 2.45) is 0 Å². The van der Waals surface area contributed by atoms with Crippen LogP contribution in [-0.4, -0.2) is 12.6 Å². The fraction of sp³-hybridized carbons (Fsp3) is 0.455. The first-order valence-electron chi connectivity index (χ1n) is 4.89. The van der Waals surface area contributed by atoms with E-state index in [0.29, 0.717) is 6.04 Å². The second kappa shape index (κ2) is 3.29. The lowest BCUT2D eigenvalue weighted by molar-refractivity contribution is 0.735. The van der Waals surface area contributed by atoms with Gasteiger partial charge in [-0.15, -0.1) is 0 Å². The van der Waals surface area contributed by atoms with Crippen LogP contribution in [0.15, 0.2) is 24.3 Å². The van der Waals surface area contributed by atoms with E-state index in [9.17, 15) is 0 Å². The molecule has 0 aliphatic carbocycles. The van der Waals surface area contributed by atoms with Gasteiger partial charge in [-0.2, -0.15) is 0 Å². The molecule has 1 aliphatic rings. The molecule has 70 valence electrons. The summed E-state index contributed by atoms with van der Waals surface area (Å²) in [6.07, 6.45) is 2.60. The van der Waals surface area contributed by atoms with E-state index in [4.69, 9.17) is 5.73 Å². The molecule has 13 heavy (non-hydrogen) atoms. The summed E-state index contributed by atoms with van der Waals surface area (Å²) in [5.74, 6) is 0. The van der Waals surface area contributed by atoms with Crippen LogP contribution in [0.1, 0.15) is 19.8 Å². The smallest absolute Gasteiger partial charge is 0.0389 e. The van der Waals surface area contributed by atoms with Gasteiger partial charge in [0.05, 0.1) is 0 Å². The molecule has 0 saturated carbocycles. The third-order valence-corrected chi connectivity index (χ3v) is 2.75. The highest BCUT2D eigenvalue weighted by molar-refractivity contribution is 5.56. The molecule has 1 fully saturated rings. The van der Waals surface area contributed by atoms with Crippen molar-refractivity contribution in [1.29, 1.82) is 0 Å². The largest absolute Gasteiger partial charge is 0.399 e. The van der Waals surface area contributed by atoms with Crippen molar-refractivity contribution in [1.82, 2.24) is 0 Å².